The number of nitrogens with zero attached hydrogens (tertiary/aromatic N) is 5. The lowest BCUT2D eigenvalue weighted by molar-refractivity contribution is -0.123. The number of tetrazole rings is 1. The Bertz CT molecular complexity index is 762. The average Bonchev–Trinajstić information content (AvgIpc) is 3.07. The Balaban J connectivity index is 2.07. The van der Waals surface area contributed by atoms with Crippen LogP contribution in [0.1, 0.15) is 44.1 Å². The van der Waals surface area contributed by atoms with Gasteiger partial charge in [-0.2, -0.15) is 5.26 Å². The van der Waals surface area contributed by atoms with Crippen molar-refractivity contribution < 1.29 is 9.53 Å². The number of nitriles is 1. The van der Waals surface area contributed by atoms with E-state index in [1.807, 2.05) is 30.3 Å². The molecule has 0 radical (unpaired) electrons. The number of aromatic nitrogens is 4. The van der Waals surface area contributed by atoms with Crippen molar-refractivity contribution in [2.45, 2.75) is 51.4 Å². The van der Waals surface area contributed by atoms with E-state index in [2.05, 4.69) is 26.9 Å². The van der Waals surface area contributed by atoms with Gasteiger partial charge in [-0.1, -0.05) is 30.3 Å². The Hall–Kier alpha value is -2.83. The molecule has 2 aromatic rings. The summed E-state index contributed by atoms with van der Waals surface area (Å²) in [6.07, 6.45) is 0.418. The number of nitrogens with one attached hydrogen (secondary N) is 1. The number of nitrogens with two attached hydrogens (primary N) is 1. The molecule has 27 heavy (non-hydrogen) atoms. The molecule has 0 aliphatic carbocycles. The number of benzene rings is 1. The monoisotopic (exact) mass is 371 g/mol. The number of hydrogen-bond donors (Lipinski definition) is 2. The highest BCUT2D eigenvalue weighted by Crippen LogP contribution is 2.13. The first-order valence-corrected chi connectivity index (χ1v) is 8.72. The fourth-order valence-electron chi connectivity index (χ4n) is 2.49. The molecule has 0 aliphatic rings. The summed E-state index contributed by atoms with van der Waals surface area (Å²) >= 11 is 0. The molecular formula is C18H25N7O2. The molecule has 1 heterocycles. The van der Waals surface area contributed by atoms with Crippen molar-refractivity contribution >= 4 is 5.91 Å². The van der Waals surface area contributed by atoms with Crippen LogP contribution in [-0.2, 0) is 22.7 Å². The van der Waals surface area contributed by atoms with Crippen molar-refractivity contribution in [2.24, 2.45) is 5.73 Å². The van der Waals surface area contributed by atoms with Crippen molar-refractivity contribution in [3.8, 4) is 6.07 Å². The lowest BCUT2D eigenvalue weighted by atomic mass is 10.0. The van der Waals surface area contributed by atoms with Gasteiger partial charge in [0.25, 0.3) is 0 Å². The van der Waals surface area contributed by atoms with Crippen LogP contribution in [-0.4, -0.2) is 38.3 Å². The number of hydrogen-bond acceptors (Lipinski definition) is 7. The molecule has 0 bridgehead atoms. The Morgan fingerprint density at radius 1 is 1.41 bits per heavy atom. The van der Waals surface area contributed by atoms with Gasteiger partial charge in [0.2, 0.25) is 5.91 Å². The molecule has 144 valence electrons. The minimum Gasteiger partial charge on any atom is -0.374 e. The largest absolute Gasteiger partial charge is 0.374 e. The topological polar surface area (TPSA) is 132 Å². The molecule has 0 aliphatic heterocycles. The van der Waals surface area contributed by atoms with E-state index < -0.39 is 11.6 Å². The Labute approximate surface area is 158 Å². The Kier molecular flexibility index (Phi) is 7.40. The number of amides is 1. The van der Waals surface area contributed by atoms with E-state index in [0.29, 0.717) is 19.0 Å². The molecule has 1 aromatic heterocycles. The van der Waals surface area contributed by atoms with Crippen LogP contribution in [0.3, 0.4) is 0 Å². The zero-order chi connectivity index (χ0) is 19.7. The van der Waals surface area contributed by atoms with E-state index >= 15 is 0 Å². The molecule has 1 atom stereocenters. The second-order valence-corrected chi connectivity index (χ2v) is 6.95. The summed E-state index contributed by atoms with van der Waals surface area (Å²) in [7, 11) is 0. The number of aryl methyl sites for hydroxylation is 1. The second kappa shape index (κ2) is 9.75. The standard InChI is InChI=1S/C18H25N7O2/c1-18(2,20)11-16(26)21-15(13-27-12-14-7-4-3-5-8-14)17-22-23-24-25(17)10-6-9-19/h3-5,7-8,15H,6,10-13,20H2,1-2H3,(H,21,26)/t15-/m1/s1. The SMILES string of the molecule is CC(C)(N)CC(=O)N[C@H](COCc1ccccc1)c1nnnn1CCC#N. The molecule has 0 unspecified atom stereocenters. The predicted molar refractivity (Wildman–Crippen MR) is 97.9 cm³/mol. The molecule has 9 nitrogen and oxygen atoms in total. The minimum absolute atomic E-state index is 0.155. The van der Waals surface area contributed by atoms with E-state index in [1.165, 1.54) is 4.68 Å². The molecule has 0 fully saturated rings. The van der Waals surface area contributed by atoms with Gasteiger partial charge in [-0.3, -0.25) is 4.79 Å². The van der Waals surface area contributed by atoms with Crippen molar-refractivity contribution in [3.63, 3.8) is 0 Å². The summed E-state index contributed by atoms with van der Waals surface area (Å²) in [5.41, 5.74) is 6.32. The number of carbonyl (C=O) groups is 1. The maximum Gasteiger partial charge on any atom is 0.222 e. The molecular weight excluding hydrogens is 346 g/mol. The first-order valence-electron chi connectivity index (χ1n) is 8.72. The molecule has 2 rings (SSSR count). The third-order valence-electron chi connectivity index (χ3n) is 3.65. The van der Waals surface area contributed by atoms with Crippen LogP contribution < -0.4 is 11.1 Å². The predicted octanol–water partition coefficient (Wildman–Crippen LogP) is 1.09. The van der Waals surface area contributed by atoms with Crippen LogP contribution in [0.25, 0.3) is 0 Å². The average molecular weight is 371 g/mol. The van der Waals surface area contributed by atoms with Gasteiger partial charge in [-0.15, -0.1) is 5.10 Å². The minimum atomic E-state index is -0.633. The summed E-state index contributed by atoms with van der Waals surface area (Å²) in [5.74, 6) is 0.229. The van der Waals surface area contributed by atoms with Crippen molar-refractivity contribution in [1.82, 2.24) is 25.5 Å². The van der Waals surface area contributed by atoms with Crippen LogP contribution in [0.2, 0.25) is 0 Å². The highest BCUT2D eigenvalue weighted by Gasteiger charge is 2.24. The van der Waals surface area contributed by atoms with E-state index in [-0.39, 0.29) is 25.4 Å². The van der Waals surface area contributed by atoms with Crippen molar-refractivity contribution in [2.75, 3.05) is 6.61 Å². The quantitative estimate of drug-likeness (QED) is 0.639. The van der Waals surface area contributed by atoms with Gasteiger partial charge in [0.05, 0.1) is 32.2 Å². The summed E-state index contributed by atoms with van der Waals surface area (Å²) in [4.78, 5) is 12.3. The maximum atomic E-state index is 12.3. The van der Waals surface area contributed by atoms with E-state index in [4.69, 9.17) is 15.7 Å². The normalized spacial score (nSPS) is 12.4. The van der Waals surface area contributed by atoms with Gasteiger partial charge in [0.15, 0.2) is 5.82 Å². The van der Waals surface area contributed by atoms with Crippen LogP contribution in [0.5, 0.6) is 0 Å². The summed E-state index contributed by atoms with van der Waals surface area (Å²) in [6.45, 7) is 4.50. The van der Waals surface area contributed by atoms with Gasteiger partial charge >= 0.3 is 0 Å². The van der Waals surface area contributed by atoms with Gasteiger partial charge in [0, 0.05) is 12.0 Å². The highest BCUT2D eigenvalue weighted by atomic mass is 16.5. The van der Waals surface area contributed by atoms with Crippen LogP contribution in [0, 0.1) is 11.3 Å². The number of carbonyl (C=O) groups excluding carboxylic acids is 1. The van der Waals surface area contributed by atoms with E-state index in [1.54, 1.807) is 13.8 Å². The maximum absolute atomic E-state index is 12.3. The zero-order valence-electron chi connectivity index (χ0n) is 15.6. The zero-order valence-corrected chi connectivity index (χ0v) is 15.6. The molecule has 0 saturated heterocycles. The summed E-state index contributed by atoms with van der Waals surface area (Å²) in [5, 5.41) is 23.3. The second-order valence-electron chi connectivity index (χ2n) is 6.95. The fourth-order valence-corrected chi connectivity index (χ4v) is 2.49. The van der Waals surface area contributed by atoms with Crippen molar-refractivity contribution in [1.29, 1.82) is 5.26 Å². The van der Waals surface area contributed by atoms with Gasteiger partial charge < -0.3 is 15.8 Å². The molecule has 0 spiro atoms. The van der Waals surface area contributed by atoms with Crippen molar-refractivity contribution in [3.05, 3.63) is 41.7 Å². The van der Waals surface area contributed by atoms with Crippen LogP contribution in [0.4, 0.5) is 0 Å². The van der Waals surface area contributed by atoms with E-state index in [0.717, 1.165) is 5.56 Å². The number of rotatable bonds is 10. The molecule has 9 heteroatoms. The van der Waals surface area contributed by atoms with Crippen LogP contribution >= 0.6 is 0 Å². The smallest absolute Gasteiger partial charge is 0.222 e. The Morgan fingerprint density at radius 2 is 2.15 bits per heavy atom. The molecule has 1 amide bonds. The first-order chi connectivity index (χ1) is 12.9. The van der Waals surface area contributed by atoms with Crippen LogP contribution in [0.15, 0.2) is 30.3 Å². The first kappa shape index (κ1) is 20.5. The third kappa shape index (κ3) is 7.13. The lowest BCUT2D eigenvalue weighted by Crippen LogP contribution is -2.41. The van der Waals surface area contributed by atoms with Gasteiger partial charge in [-0.05, 0) is 29.8 Å². The van der Waals surface area contributed by atoms with Gasteiger partial charge in [-0.25, -0.2) is 4.68 Å². The highest BCUT2D eigenvalue weighted by molar-refractivity contribution is 5.77. The van der Waals surface area contributed by atoms with E-state index in [9.17, 15) is 4.79 Å². The molecule has 0 saturated carbocycles. The molecule has 1 aromatic carbocycles. The third-order valence-corrected chi connectivity index (χ3v) is 3.65. The fraction of sp³-hybridized carbons (Fsp3) is 0.500. The van der Waals surface area contributed by atoms with Gasteiger partial charge in [0.1, 0.15) is 6.04 Å². The summed E-state index contributed by atoms with van der Waals surface area (Å²) < 4.78 is 7.28. The Morgan fingerprint density at radius 3 is 2.81 bits per heavy atom. The molecule has 3 N–H and O–H groups in total. The lowest BCUT2D eigenvalue weighted by Gasteiger charge is -2.22. The number of ether oxygens (including phenoxy) is 1. The summed E-state index contributed by atoms with van der Waals surface area (Å²) in [6, 6.07) is 11.2.